The first kappa shape index (κ1) is 9.00. The molecule has 1 heterocycles. The van der Waals surface area contributed by atoms with E-state index in [1.54, 1.807) is 6.07 Å². The van der Waals surface area contributed by atoms with Crippen LogP contribution in [0.15, 0.2) is 12.3 Å². The van der Waals surface area contributed by atoms with Gasteiger partial charge < -0.3 is 10.0 Å². The minimum Gasteiger partial charge on any atom is -0.423 e. The molecule has 2 N–H and O–H groups in total. The fourth-order valence-electron chi connectivity index (χ4n) is 1.26. The predicted molar refractivity (Wildman–Crippen MR) is 51.0 cm³/mol. The summed E-state index contributed by atoms with van der Waals surface area (Å²) < 4.78 is 0. The van der Waals surface area contributed by atoms with Gasteiger partial charge in [0.2, 0.25) is 0 Å². The molecule has 3 nitrogen and oxygen atoms in total. The molecule has 5 heteroatoms. The quantitative estimate of drug-likeness (QED) is 0.670. The number of halogens is 1. The zero-order chi connectivity index (χ0) is 9.42. The lowest BCUT2D eigenvalue weighted by atomic mass is 9.81. The number of nitrogens with zero attached hydrogens (tertiary/aromatic N) is 1. The molecule has 1 fully saturated rings. The lowest BCUT2D eigenvalue weighted by Gasteiger charge is -2.03. The van der Waals surface area contributed by atoms with Crippen LogP contribution in [0.4, 0.5) is 0 Å². The van der Waals surface area contributed by atoms with Gasteiger partial charge in [-0.25, -0.2) is 0 Å². The second-order valence-electron chi connectivity index (χ2n) is 3.28. The van der Waals surface area contributed by atoms with Crippen LogP contribution in [0.25, 0.3) is 0 Å². The Hall–Kier alpha value is -0.575. The molecular weight excluding hydrogens is 188 g/mol. The molecule has 1 aromatic rings. The number of hydrogen-bond acceptors (Lipinski definition) is 3. The molecule has 0 saturated heterocycles. The molecule has 2 rings (SSSR count). The van der Waals surface area contributed by atoms with Gasteiger partial charge in [-0.3, -0.25) is 4.98 Å². The fraction of sp³-hybridized carbons (Fsp3) is 0.375. The Morgan fingerprint density at radius 3 is 2.62 bits per heavy atom. The molecule has 0 aliphatic heterocycles. The summed E-state index contributed by atoms with van der Waals surface area (Å²) in [5, 5.41) is 18.2. The summed E-state index contributed by atoms with van der Waals surface area (Å²) in [5.74, 6) is 0.484. The minimum absolute atomic E-state index is 0.342. The van der Waals surface area contributed by atoms with E-state index in [9.17, 15) is 0 Å². The van der Waals surface area contributed by atoms with E-state index in [1.807, 2.05) is 0 Å². The van der Waals surface area contributed by atoms with Crippen molar-refractivity contribution in [2.75, 3.05) is 0 Å². The summed E-state index contributed by atoms with van der Waals surface area (Å²) in [6.45, 7) is 0. The molecule has 0 unspecified atom stereocenters. The molecule has 1 aliphatic carbocycles. The largest absolute Gasteiger partial charge is 0.490 e. The number of pyridine rings is 1. The Morgan fingerprint density at radius 1 is 1.46 bits per heavy atom. The summed E-state index contributed by atoms with van der Waals surface area (Å²) in [5.41, 5.74) is 1.22. The van der Waals surface area contributed by atoms with Gasteiger partial charge in [0, 0.05) is 17.6 Å². The Balaban J connectivity index is 2.31. The van der Waals surface area contributed by atoms with E-state index in [4.69, 9.17) is 21.6 Å². The van der Waals surface area contributed by atoms with Gasteiger partial charge >= 0.3 is 7.12 Å². The van der Waals surface area contributed by atoms with Crippen LogP contribution >= 0.6 is 11.6 Å². The van der Waals surface area contributed by atoms with Crippen molar-refractivity contribution in [3.8, 4) is 0 Å². The van der Waals surface area contributed by atoms with Crippen molar-refractivity contribution >= 4 is 24.2 Å². The zero-order valence-corrected chi connectivity index (χ0v) is 7.70. The monoisotopic (exact) mass is 197 g/mol. The highest BCUT2D eigenvalue weighted by Crippen LogP contribution is 2.41. The third-order valence-electron chi connectivity index (χ3n) is 2.15. The Kier molecular flexibility index (Phi) is 2.28. The summed E-state index contributed by atoms with van der Waals surface area (Å²) in [6.07, 6.45) is 3.73. The van der Waals surface area contributed by atoms with E-state index in [2.05, 4.69) is 4.98 Å². The molecule has 1 aromatic heterocycles. The van der Waals surface area contributed by atoms with Gasteiger partial charge in [0.1, 0.15) is 0 Å². The van der Waals surface area contributed by atoms with Gasteiger partial charge in [0.05, 0.1) is 10.7 Å². The van der Waals surface area contributed by atoms with Crippen LogP contribution < -0.4 is 5.46 Å². The fourth-order valence-corrected chi connectivity index (χ4v) is 1.59. The highest BCUT2D eigenvalue weighted by molar-refractivity contribution is 6.58. The zero-order valence-electron chi connectivity index (χ0n) is 6.94. The van der Waals surface area contributed by atoms with Gasteiger partial charge in [0.15, 0.2) is 0 Å². The van der Waals surface area contributed by atoms with E-state index in [-0.39, 0.29) is 0 Å². The van der Waals surface area contributed by atoms with Gasteiger partial charge in [-0.15, -0.1) is 0 Å². The van der Waals surface area contributed by atoms with E-state index in [0.717, 1.165) is 18.5 Å². The van der Waals surface area contributed by atoms with Crippen LogP contribution in [0.2, 0.25) is 5.02 Å². The molecule has 1 saturated carbocycles. The van der Waals surface area contributed by atoms with Crippen molar-refractivity contribution in [2.24, 2.45) is 0 Å². The van der Waals surface area contributed by atoms with Crippen molar-refractivity contribution in [1.29, 1.82) is 0 Å². The maximum Gasteiger partial charge on any atom is 0.490 e. The Labute approximate surface area is 81.5 Å². The maximum absolute atomic E-state index is 8.85. The lowest BCUT2D eigenvalue weighted by molar-refractivity contribution is 0.425. The Bertz CT molecular complexity index is 328. The molecule has 0 aromatic carbocycles. The van der Waals surface area contributed by atoms with E-state index in [1.165, 1.54) is 6.20 Å². The molecule has 68 valence electrons. The van der Waals surface area contributed by atoms with Crippen LogP contribution in [-0.4, -0.2) is 22.2 Å². The molecule has 0 radical (unpaired) electrons. The first-order valence-corrected chi connectivity index (χ1v) is 4.58. The molecule has 0 spiro atoms. The smallest absolute Gasteiger partial charge is 0.423 e. The summed E-state index contributed by atoms with van der Waals surface area (Å²) in [4.78, 5) is 4.11. The van der Waals surface area contributed by atoms with Crippen LogP contribution in [0.1, 0.15) is 24.5 Å². The van der Waals surface area contributed by atoms with Crippen molar-refractivity contribution < 1.29 is 10.0 Å². The highest BCUT2D eigenvalue weighted by Gasteiger charge is 2.27. The highest BCUT2D eigenvalue weighted by atomic mass is 35.5. The standard InChI is InChI=1S/C8H9BClNO2/c10-7-3-6(9(12)13)4-11-8(7)5-1-2-5/h3-5,12-13H,1-2H2. The first-order chi connectivity index (χ1) is 6.18. The maximum atomic E-state index is 8.85. The van der Waals surface area contributed by atoms with Crippen molar-refractivity contribution in [2.45, 2.75) is 18.8 Å². The third-order valence-corrected chi connectivity index (χ3v) is 2.46. The second-order valence-corrected chi connectivity index (χ2v) is 3.69. The van der Waals surface area contributed by atoms with Crippen LogP contribution in [0, 0.1) is 0 Å². The van der Waals surface area contributed by atoms with Gasteiger partial charge in [-0.05, 0) is 18.9 Å². The average Bonchev–Trinajstić information content (AvgIpc) is 2.87. The first-order valence-electron chi connectivity index (χ1n) is 4.20. The lowest BCUT2D eigenvalue weighted by Crippen LogP contribution is -2.30. The summed E-state index contributed by atoms with van der Waals surface area (Å²) in [6, 6.07) is 1.56. The Morgan fingerprint density at radius 2 is 2.15 bits per heavy atom. The summed E-state index contributed by atoms with van der Waals surface area (Å²) >= 11 is 5.92. The predicted octanol–water partition coefficient (Wildman–Crippen LogP) is 0.292. The van der Waals surface area contributed by atoms with Crippen molar-refractivity contribution in [3.05, 3.63) is 23.0 Å². The van der Waals surface area contributed by atoms with E-state index < -0.39 is 7.12 Å². The van der Waals surface area contributed by atoms with Crippen molar-refractivity contribution in [1.82, 2.24) is 4.98 Å². The topological polar surface area (TPSA) is 53.4 Å². The SMILES string of the molecule is OB(O)c1cnc(C2CC2)c(Cl)c1. The van der Waals surface area contributed by atoms with Gasteiger partial charge in [-0.1, -0.05) is 11.6 Å². The number of hydrogen-bond donors (Lipinski definition) is 2. The molecule has 0 bridgehead atoms. The average molecular weight is 197 g/mol. The van der Waals surface area contributed by atoms with Crippen LogP contribution in [0.3, 0.4) is 0 Å². The number of rotatable bonds is 2. The molecule has 13 heavy (non-hydrogen) atoms. The van der Waals surface area contributed by atoms with E-state index in [0.29, 0.717) is 16.4 Å². The molecule has 0 atom stereocenters. The third kappa shape index (κ3) is 1.85. The van der Waals surface area contributed by atoms with Gasteiger partial charge in [-0.2, -0.15) is 0 Å². The van der Waals surface area contributed by atoms with Crippen molar-refractivity contribution in [3.63, 3.8) is 0 Å². The molecule has 1 aliphatic rings. The molecule has 0 amide bonds. The van der Waals surface area contributed by atoms with E-state index >= 15 is 0 Å². The van der Waals surface area contributed by atoms with Crippen LogP contribution in [-0.2, 0) is 0 Å². The second kappa shape index (κ2) is 3.29. The van der Waals surface area contributed by atoms with Gasteiger partial charge in [0.25, 0.3) is 0 Å². The number of aromatic nitrogens is 1. The normalized spacial score (nSPS) is 15.9. The summed E-state index contributed by atoms with van der Waals surface area (Å²) in [7, 11) is -1.49. The van der Waals surface area contributed by atoms with Crippen LogP contribution in [0.5, 0.6) is 0 Å². The minimum atomic E-state index is -1.49. The molecular formula is C8H9BClNO2.